The molecule has 718 valence electrons. The van der Waals surface area contributed by atoms with E-state index >= 15 is 9.59 Å². The summed E-state index contributed by atoms with van der Waals surface area (Å²) in [5.41, 5.74) is 7.31. The average Bonchev–Trinajstić information content (AvgIpc) is 1.23. The molecule has 6 rings (SSSR count). The molecule has 40 heteroatoms. The summed E-state index contributed by atoms with van der Waals surface area (Å²) in [6.45, 7) is 10.6. The first kappa shape index (κ1) is 108. The number of Topliss-reactive ketones (excluding diaryl/α,β-unsaturated/α-hetero) is 1. The lowest BCUT2D eigenvalue weighted by atomic mass is 9.84. The van der Waals surface area contributed by atoms with E-state index in [4.69, 9.17) is 34.8 Å². The van der Waals surface area contributed by atoms with Crippen LogP contribution in [0, 0.1) is 11.3 Å². The summed E-state index contributed by atoms with van der Waals surface area (Å²) >= 11 is 1.34. The molecule has 131 heavy (non-hydrogen) atoms. The largest absolute Gasteiger partial charge is 0.460 e. The van der Waals surface area contributed by atoms with Crippen LogP contribution in [0.25, 0.3) is 0 Å². The molecule has 0 aromatic heterocycles. The number of rotatable bonds is 40. The zero-order valence-electron chi connectivity index (χ0n) is 76.1. The molecule has 37 nitrogen and oxygen atoms in total. The molecule has 0 aliphatic carbocycles. The fourth-order valence-corrected chi connectivity index (χ4v) is 17.9. The predicted molar refractivity (Wildman–Crippen MR) is 496 cm³/mol. The van der Waals surface area contributed by atoms with E-state index in [2.05, 4.69) is 76.0 Å². The van der Waals surface area contributed by atoms with Gasteiger partial charge in [-0.15, -0.1) is 11.8 Å². The first-order chi connectivity index (χ1) is 62.5. The highest BCUT2D eigenvalue weighted by Crippen LogP contribution is 2.49. The standard InChI is InChI=1S/C91H130N16O21S3/c1-10-11-12-25-40-66(86(122)126-54-60-30-17-13-18-31-60)101-76(112)55-125-48-47-124-46-44-95-74(110)50-67-82(118)106-70(79(92)115)58-131-130-57-69(105-84(120)71(100-59(2)108)56-129-91(62-33-19-14-20-34-62,63-35-21-15-22-36-63)64-37-23-16-24-38-64)73(109)49-61(32-28-43-96-87(93)94-9)80(116)98-52-75(111)102-68(51-78(114)127-89(3,4)5)83(119)103-65(39-26-27-42-97-88(123)128-90(6,7)8)81(117)99-53-77(113)107-45-29-41-72(107)85(121)104-67/h13-24,30-31,33-38,61,65-72H,10-12,25-29,32,39-58H2,1-9H3,(H2,92,115)(H,95,110)(H,97,123)(H,98,116)(H,99,117)(H,100,108)(H,101,112)(H,102,111)(H,103,119)(H,104,121)(H,105,120)(H,106,118)(H3,93,94,96)/t61?,65?,66-,67?,68?,69?,70?,71?,72?/m0/s1. The smallest absolute Gasteiger partial charge is 0.407 e. The molecule has 8 unspecified atom stereocenters. The summed E-state index contributed by atoms with van der Waals surface area (Å²) in [6.07, 6.45) is 1.24. The van der Waals surface area contributed by atoms with E-state index in [-0.39, 0.29) is 121 Å². The van der Waals surface area contributed by atoms with Crippen molar-refractivity contribution in [1.82, 2.24) is 74.0 Å². The lowest BCUT2D eigenvalue weighted by Gasteiger charge is -2.36. The Labute approximate surface area is 777 Å². The van der Waals surface area contributed by atoms with Crippen molar-refractivity contribution in [3.8, 4) is 0 Å². The Morgan fingerprint density at radius 3 is 1.81 bits per heavy atom. The Balaban J connectivity index is 1.32. The monoisotopic (exact) mass is 1880 g/mol. The van der Waals surface area contributed by atoms with Crippen LogP contribution < -0.4 is 74.9 Å². The van der Waals surface area contributed by atoms with Crippen LogP contribution in [0.5, 0.6) is 0 Å². The van der Waals surface area contributed by atoms with Crippen LogP contribution in [0.15, 0.2) is 121 Å². The summed E-state index contributed by atoms with van der Waals surface area (Å²) in [5, 5.41) is 42.4. The van der Waals surface area contributed by atoms with Crippen molar-refractivity contribution in [2.45, 2.75) is 223 Å². The number of nitrogens with zero attached hydrogens (tertiary/aromatic N) is 1. The molecular weight excluding hydrogens is 1750 g/mol. The number of benzene rings is 4. The van der Waals surface area contributed by atoms with Gasteiger partial charge in [0.05, 0.1) is 56.5 Å². The van der Waals surface area contributed by atoms with Gasteiger partial charge in [0, 0.05) is 69.7 Å². The van der Waals surface area contributed by atoms with Gasteiger partial charge in [0.25, 0.3) is 0 Å². The van der Waals surface area contributed by atoms with E-state index in [1.807, 2.05) is 121 Å². The highest BCUT2D eigenvalue weighted by atomic mass is 33.1. The van der Waals surface area contributed by atoms with Gasteiger partial charge in [0.2, 0.25) is 70.9 Å². The molecule has 2 fully saturated rings. The lowest BCUT2D eigenvalue weighted by molar-refractivity contribution is -0.156. The number of carbonyl (C=O) groups excluding carboxylic acids is 16. The van der Waals surface area contributed by atoms with Gasteiger partial charge < -0.3 is 103 Å². The third-order valence-electron chi connectivity index (χ3n) is 20.5. The van der Waals surface area contributed by atoms with Gasteiger partial charge >= 0.3 is 18.0 Å². The van der Waals surface area contributed by atoms with Crippen LogP contribution in [0.4, 0.5) is 4.79 Å². The van der Waals surface area contributed by atoms with E-state index in [0.717, 1.165) is 68.0 Å². The van der Waals surface area contributed by atoms with Gasteiger partial charge in [-0.1, -0.05) is 176 Å². The van der Waals surface area contributed by atoms with Crippen LogP contribution in [0.2, 0.25) is 0 Å². The van der Waals surface area contributed by atoms with Crippen LogP contribution in [-0.4, -0.2) is 255 Å². The van der Waals surface area contributed by atoms with Crippen LogP contribution >= 0.6 is 33.3 Å². The van der Waals surface area contributed by atoms with Crippen molar-refractivity contribution >= 4 is 134 Å². The quantitative estimate of drug-likeness (QED) is 0.00569. The van der Waals surface area contributed by atoms with Crippen molar-refractivity contribution in [2.75, 3.05) is 90.0 Å². The van der Waals surface area contributed by atoms with E-state index in [1.54, 1.807) is 41.5 Å². The highest BCUT2D eigenvalue weighted by molar-refractivity contribution is 8.76. The molecule has 0 spiro atoms. The van der Waals surface area contributed by atoms with Crippen LogP contribution in [-0.2, 0) is 107 Å². The lowest BCUT2D eigenvalue weighted by Crippen LogP contribution is -2.58. The Morgan fingerprint density at radius 1 is 0.595 bits per heavy atom. The molecule has 2 aliphatic heterocycles. The number of thioether (sulfide) groups is 1. The Bertz CT molecular complexity index is 4320. The van der Waals surface area contributed by atoms with Crippen molar-refractivity contribution in [3.05, 3.63) is 144 Å². The average molecular weight is 1880 g/mol. The fourth-order valence-electron chi connectivity index (χ4n) is 14.0. The molecule has 0 radical (unpaired) electrons. The Hall–Kier alpha value is -11.4. The molecule has 13 amide bonds. The minimum atomic E-state index is -1.82. The van der Waals surface area contributed by atoms with Gasteiger partial charge in [0.1, 0.15) is 66.7 Å². The third kappa shape index (κ3) is 40.1. The number of primary amides is 1. The molecule has 16 N–H and O–H groups in total. The first-order valence-electron chi connectivity index (χ1n) is 44.1. The highest BCUT2D eigenvalue weighted by Gasteiger charge is 2.42. The SMILES string of the molecule is CCCCCC[C@H](NC(=O)COCCOCCNC(=O)CC1NC(=O)C2CCCN2C(=O)CNC(=O)C(CCCCNC(=O)OC(C)(C)C)NC(=O)C(CC(=O)OC(C)(C)C)NC(=O)CNC(=O)C(CCCNC(=N)NC)CC(=O)C(NC(=O)C(CSC(c2ccccc2)(c2ccccc2)c2ccccc2)NC(C)=O)CSSCC(C(N)=O)NC1=O)C(=O)OCc1ccccc1. The molecule has 2 heterocycles. The third-order valence-corrected chi connectivity index (χ3v) is 24.5. The maximum atomic E-state index is 15.4. The van der Waals surface area contributed by atoms with Crippen molar-refractivity contribution in [2.24, 2.45) is 11.7 Å². The second-order valence-corrected chi connectivity index (χ2v) is 37.2. The second-order valence-electron chi connectivity index (χ2n) is 33.4. The molecule has 2 saturated heterocycles. The zero-order chi connectivity index (χ0) is 95.9. The molecule has 0 saturated carbocycles. The minimum absolute atomic E-state index is 0.0131. The van der Waals surface area contributed by atoms with Gasteiger partial charge in [-0.2, -0.15) is 0 Å². The van der Waals surface area contributed by atoms with E-state index in [0.29, 0.717) is 12.8 Å². The normalized spacial score (nSPS) is 19.0. The second kappa shape index (κ2) is 57.1. The molecule has 4 aromatic rings. The summed E-state index contributed by atoms with van der Waals surface area (Å²) in [7, 11) is 3.33. The van der Waals surface area contributed by atoms with Crippen molar-refractivity contribution in [1.29, 1.82) is 5.41 Å². The maximum Gasteiger partial charge on any atom is 0.407 e. The number of alkyl carbamates (subject to hydrolysis) is 1. The van der Waals surface area contributed by atoms with Gasteiger partial charge in [-0.25, -0.2) is 9.59 Å². The summed E-state index contributed by atoms with van der Waals surface area (Å²) in [5.74, 6) is -15.2. The zero-order valence-corrected chi connectivity index (χ0v) is 78.5. The number of esters is 2. The number of nitrogens with one attached hydrogen (secondary N) is 14. The molecule has 9 atom stereocenters. The molecule has 2 aliphatic rings. The number of carbonyl (C=O) groups is 16. The van der Waals surface area contributed by atoms with Gasteiger partial charge in [-0.05, 0) is 115 Å². The fraction of sp³-hybridized carbons (Fsp3) is 0.549. The van der Waals surface area contributed by atoms with Gasteiger partial charge in [-0.3, -0.25) is 72.5 Å². The number of unbranched alkanes of at least 4 members (excludes halogenated alkanes) is 4. The van der Waals surface area contributed by atoms with Crippen LogP contribution in [0.1, 0.15) is 174 Å². The predicted octanol–water partition coefficient (Wildman–Crippen LogP) is 4.01. The summed E-state index contributed by atoms with van der Waals surface area (Å²) in [4.78, 5) is 227. The van der Waals surface area contributed by atoms with Crippen molar-refractivity contribution < 1.29 is 100 Å². The number of amides is 13. The van der Waals surface area contributed by atoms with E-state index in [9.17, 15) is 67.1 Å². The molecule has 0 bridgehead atoms. The topological polar surface area (TPSA) is 529 Å². The van der Waals surface area contributed by atoms with Crippen molar-refractivity contribution in [3.63, 3.8) is 0 Å². The minimum Gasteiger partial charge on any atom is -0.460 e. The number of nitrogens with two attached hydrogens (primary N) is 1. The van der Waals surface area contributed by atoms with Crippen LogP contribution in [0.3, 0.4) is 0 Å². The first-order valence-corrected chi connectivity index (χ1v) is 47.6. The van der Waals surface area contributed by atoms with E-state index < -0.39 is 204 Å². The van der Waals surface area contributed by atoms with E-state index in [1.165, 1.54) is 25.7 Å². The number of hydrogen-bond donors (Lipinski definition) is 15. The summed E-state index contributed by atoms with van der Waals surface area (Å²) < 4.78 is 26.6. The molecule has 4 aromatic carbocycles. The number of fused-ring (bicyclic) bond motifs is 1. The maximum absolute atomic E-state index is 15.4. The Morgan fingerprint density at radius 2 is 1.19 bits per heavy atom. The number of ketones is 1. The number of guanidine groups is 1. The number of ether oxygens (including phenoxy) is 5. The van der Waals surface area contributed by atoms with Gasteiger partial charge in [0.15, 0.2) is 11.7 Å². The summed E-state index contributed by atoms with van der Waals surface area (Å²) in [6, 6.07) is 25.8. The number of hydrogen-bond acceptors (Lipinski definition) is 25. The molecular formula is C91H130N16O21S3. The Kier molecular flexibility index (Phi) is 47.2.